The van der Waals surface area contributed by atoms with E-state index >= 15 is 0 Å². The largest absolute Gasteiger partial charge is 0.386 e. The zero-order valence-electron chi connectivity index (χ0n) is 8.48. The summed E-state index contributed by atoms with van der Waals surface area (Å²) in [4.78, 5) is 0. The SMILES string of the molecule is Cc1cc(C(C)(C)O)cc(Cl)c1C. The van der Waals surface area contributed by atoms with E-state index in [1.165, 1.54) is 0 Å². The third-order valence-corrected chi connectivity index (χ3v) is 2.70. The Bertz CT molecular complexity index is 300. The lowest BCUT2D eigenvalue weighted by Gasteiger charge is -2.19. The molecule has 0 spiro atoms. The zero-order chi connectivity index (χ0) is 10.2. The number of benzene rings is 1. The Morgan fingerprint density at radius 1 is 1.23 bits per heavy atom. The molecule has 0 atom stereocenters. The van der Waals surface area contributed by atoms with Crippen LogP contribution >= 0.6 is 11.6 Å². The molecule has 0 radical (unpaired) electrons. The quantitative estimate of drug-likeness (QED) is 0.735. The topological polar surface area (TPSA) is 20.2 Å². The molecule has 0 amide bonds. The monoisotopic (exact) mass is 198 g/mol. The Kier molecular flexibility index (Phi) is 2.69. The lowest BCUT2D eigenvalue weighted by atomic mass is 9.95. The predicted octanol–water partition coefficient (Wildman–Crippen LogP) is 3.18. The third kappa shape index (κ3) is 2.23. The zero-order valence-corrected chi connectivity index (χ0v) is 9.24. The second kappa shape index (κ2) is 3.32. The molecule has 2 heteroatoms. The summed E-state index contributed by atoms with van der Waals surface area (Å²) in [5.74, 6) is 0. The van der Waals surface area contributed by atoms with Gasteiger partial charge in [-0.3, -0.25) is 0 Å². The van der Waals surface area contributed by atoms with E-state index in [9.17, 15) is 5.11 Å². The number of aryl methyl sites for hydroxylation is 1. The van der Waals surface area contributed by atoms with Gasteiger partial charge in [-0.25, -0.2) is 0 Å². The predicted molar refractivity (Wildman–Crippen MR) is 56.2 cm³/mol. The van der Waals surface area contributed by atoms with Crippen molar-refractivity contribution >= 4 is 11.6 Å². The smallest absolute Gasteiger partial charge is 0.0841 e. The standard InChI is InChI=1S/C11H15ClO/c1-7-5-9(11(3,4)13)6-10(12)8(7)2/h5-6,13H,1-4H3. The highest BCUT2D eigenvalue weighted by molar-refractivity contribution is 6.31. The molecule has 0 bridgehead atoms. The fraction of sp³-hybridized carbons (Fsp3) is 0.455. The lowest BCUT2D eigenvalue weighted by Crippen LogP contribution is -2.15. The van der Waals surface area contributed by atoms with Crippen LogP contribution in [-0.4, -0.2) is 5.11 Å². The number of rotatable bonds is 1. The van der Waals surface area contributed by atoms with Gasteiger partial charge in [0.25, 0.3) is 0 Å². The van der Waals surface area contributed by atoms with Crippen LogP contribution in [0, 0.1) is 13.8 Å². The summed E-state index contributed by atoms with van der Waals surface area (Å²) in [6.07, 6.45) is 0. The van der Waals surface area contributed by atoms with E-state index in [0.29, 0.717) is 0 Å². The van der Waals surface area contributed by atoms with E-state index in [4.69, 9.17) is 11.6 Å². The molecule has 1 rings (SSSR count). The van der Waals surface area contributed by atoms with Crippen LogP contribution in [0.4, 0.5) is 0 Å². The first kappa shape index (κ1) is 10.6. The van der Waals surface area contributed by atoms with Crippen LogP contribution in [0.15, 0.2) is 12.1 Å². The summed E-state index contributed by atoms with van der Waals surface area (Å²) < 4.78 is 0. The minimum Gasteiger partial charge on any atom is -0.386 e. The van der Waals surface area contributed by atoms with Crippen molar-refractivity contribution in [1.29, 1.82) is 0 Å². The maximum Gasteiger partial charge on any atom is 0.0841 e. The van der Waals surface area contributed by atoms with Gasteiger partial charge >= 0.3 is 0 Å². The molecule has 13 heavy (non-hydrogen) atoms. The average molecular weight is 199 g/mol. The second-order valence-corrected chi connectivity index (χ2v) is 4.37. The fourth-order valence-corrected chi connectivity index (χ4v) is 1.44. The van der Waals surface area contributed by atoms with Crippen molar-refractivity contribution in [3.63, 3.8) is 0 Å². The Balaban J connectivity index is 3.29. The van der Waals surface area contributed by atoms with Crippen LogP contribution in [0.5, 0.6) is 0 Å². The molecular formula is C11H15ClO. The Morgan fingerprint density at radius 2 is 1.77 bits per heavy atom. The van der Waals surface area contributed by atoms with Gasteiger partial charge in [0.1, 0.15) is 0 Å². The van der Waals surface area contributed by atoms with Crippen LogP contribution in [0.3, 0.4) is 0 Å². The minimum atomic E-state index is -0.817. The molecule has 72 valence electrons. The molecular weight excluding hydrogens is 184 g/mol. The van der Waals surface area contributed by atoms with Crippen LogP contribution in [0.1, 0.15) is 30.5 Å². The first-order valence-corrected chi connectivity index (χ1v) is 4.70. The number of hydrogen-bond acceptors (Lipinski definition) is 1. The van der Waals surface area contributed by atoms with Crippen molar-refractivity contribution in [3.05, 3.63) is 33.8 Å². The van der Waals surface area contributed by atoms with Crippen molar-refractivity contribution in [3.8, 4) is 0 Å². The summed E-state index contributed by atoms with van der Waals surface area (Å²) in [7, 11) is 0. The molecule has 1 nitrogen and oxygen atoms in total. The second-order valence-electron chi connectivity index (χ2n) is 3.96. The molecule has 0 aliphatic heterocycles. The summed E-state index contributed by atoms with van der Waals surface area (Å²) in [5, 5.41) is 10.5. The van der Waals surface area contributed by atoms with Crippen LogP contribution < -0.4 is 0 Å². The first-order valence-electron chi connectivity index (χ1n) is 4.32. The maximum absolute atomic E-state index is 9.77. The molecule has 0 aliphatic rings. The summed E-state index contributed by atoms with van der Waals surface area (Å²) >= 11 is 6.01. The van der Waals surface area contributed by atoms with E-state index < -0.39 is 5.60 Å². The highest BCUT2D eigenvalue weighted by Crippen LogP contribution is 2.27. The van der Waals surface area contributed by atoms with E-state index in [1.807, 2.05) is 26.0 Å². The van der Waals surface area contributed by atoms with Gasteiger partial charge in [-0.05, 0) is 50.5 Å². The van der Waals surface area contributed by atoms with Gasteiger partial charge in [0.05, 0.1) is 5.60 Å². The summed E-state index contributed by atoms with van der Waals surface area (Å²) in [6.45, 7) is 7.49. The van der Waals surface area contributed by atoms with Gasteiger partial charge in [0, 0.05) is 5.02 Å². The van der Waals surface area contributed by atoms with Crippen molar-refractivity contribution in [2.45, 2.75) is 33.3 Å². The summed E-state index contributed by atoms with van der Waals surface area (Å²) in [5.41, 5.74) is 2.24. The van der Waals surface area contributed by atoms with Crippen molar-refractivity contribution < 1.29 is 5.11 Å². The van der Waals surface area contributed by atoms with Crippen LogP contribution in [0.25, 0.3) is 0 Å². The molecule has 0 unspecified atom stereocenters. The molecule has 0 fully saturated rings. The molecule has 0 saturated carbocycles. The molecule has 0 aliphatic carbocycles. The van der Waals surface area contributed by atoms with Gasteiger partial charge in [-0.1, -0.05) is 17.7 Å². The van der Waals surface area contributed by atoms with E-state index in [2.05, 4.69) is 0 Å². The molecule has 0 aromatic heterocycles. The lowest BCUT2D eigenvalue weighted by molar-refractivity contribution is 0.0785. The van der Waals surface area contributed by atoms with E-state index in [1.54, 1.807) is 13.8 Å². The van der Waals surface area contributed by atoms with Gasteiger partial charge in [0.2, 0.25) is 0 Å². The fourth-order valence-electron chi connectivity index (χ4n) is 1.17. The van der Waals surface area contributed by atoms with Crippen LogP contribution in [0.2, 0.25) is 5.02 Å². The highest BCUT2D eigenvalue weighted by Gasteiger charge is 2.17. The minimum absolute atomic E-state index is 0.720. The Morgan fingerprint density at radius 3 is 2.15 bits per heavy atom. The van der Waals surface area contributed by atoms with Gasteiger partial charge < -0.3 is 5.11 Å². The number of aliphatic hydroxyl groups is 1. The van der Waals surface area contributed by atoms with Crippen molar-refractivity contribution in [1.82, 2.24) is 0 Å². The highest BCUT2D eigenvalue weighted by atomic mass is 35.5. The van der Waals surface area contributed by atoms with Gasteiger partial charge in [0.15, 0.2) is 0 Å². The third-order valence-electron chi connectivity index (χ3n) is 2.31. The normalized spacial score (nSPS) is 11.8. The van der Waals surface area contributed by atoms with E-state index in [0.717, 1.165) is 21.7 Å². The molecule has 1 N–H and O–H groups in total. The molecule has 0 heterocycles. The molecule has 1 aromatic carbocycles. The van der Waals surface area contributed by atoms with Crippen LogP contribution in [-0.2, 0) is 5.60 Å². The van der Waals surface area contributed by atoms with Gasteiger partial charge in [-0.15, -0.1) is 0 Å². The maximum atomic E-state index is 9.77. The van der Waals surface area contributed by atoms with Crippen molar-refractivity contribution in [2.24, 2.45) is 0 Å². The molecule has 0 saturated heterocycles. The number of hydrogen-bond donors (Lipinski definition) is 1. The van der Waals surface area contributed by atoms with Crippen molar-refractivity contribution in [2.75, 3.05) is 0 Å². The Hall–Kier alpha value is -0.530. The van der Waals surface area contributed by atoms with E-state index in [-0.39, 0.29) is 0 Å². The first-order chi connectivity index (χ1) is 5.82. The molecule has 1 aromatic rings. The average Bonchev–Trinajstić information content (AvgIpc) is 1.97. The Labute approximate surface area is 84.4 Å². The van der Waals surface area contributed by atoms with Gasteiger partial charge in [-0.2, -0.15) is 0 Å². The summed E-state index contributed by atoms with van der Waals surface area (Å²) in [6, 6.07) is 3.80. The number of halogens is 1.